The molecule has 0 unspecified atom stereocenters. The third kappa shape index (κ3) is 1.47. The maximum atomic E-state index is 11.7. The van der Waals surface area contributed by atoms with E-state index in [2.05, 4.69) is 4.98 Å². The predicted molar refractivity (Wildman–Crippen MR) is 53.8 cm³/mol. The van der Waals surface area contributed by atoms with Crippen molar-refractivity contribution in [3.05, 3.63) is 33.7 Å². The van der Waals surface area contributed by atoms with Gasteiger partial charge in [0.1, 0.15) is 0 Å². The van der Waals surface area contributed by atoms with Crippen molar-refractivity contribution in [3.63, 3.8) is 0 Å². The zero-order valence-corrected chi connectivity index (χ0v) is 8.31. The number of halogens is 1. The minimum atomic E-state index is -0.00750. The molecule has 68 valence electrons. The number of aryl methyl sites for hydroxylation is 1. The SMILES string of the molecule is O=c1c(CCCl)cnc2sccn12. The third-order valence-electron chi connectivity index (χ3n) is 1.78. The van der Waals surface area contributed by atoms with Gasteiger partial charge in [-0.25, -0.2) is 4.98 Å². The Morgan fingerprint density at radius 2 is 2.46 bits per heavy atom. The van der Waals surface area contributed by atoms with Crippen molar-refractivity contribution in [3.8, 4) is 0 Å². The lowest BCUT2D eigenvalue weighted by Gasteiger charge is -1.96. The summed E-state index contributed by atoms with van der Waals surface area (Å²) < 4.78 is 1.55. The predicted octanol–water partition coefficient (Wildman–Crippen LogP) is 1.54. The fraction of sp³-hybridized carbons (Fsp3) is 0.250. The fourth-order valence-electron chi connectivity index (χ4n) is 1.14. The fourth-order valence-corrected chi connectivity index (χ4v) is 2.02. The molecule has 0 fully saturated rings. The van der Waals surface area contributed by atoms with Gasteiger partial charge in [0, 0.05) is 29.2 Å². The Bertz CT molecular complexity index is 476. The number of hydrogen-bond donors (Lipinski definition) is 0. The van der Waals surface area contributed by atoms with Crippen LogP contribution in [0.4, 0.5) is 0 Å². The molecule has 0 bridgehead atoms. The van der Waals surface area contributed by atoms with Gasteiger partial charge in [0.15, 0.2) is 4.96 Å². The van der Waals surface area contributed by atoms with Gasteiger partial charge in [-0.05, 0) is 6.42 Å². The van der Waals surface area contributed by atoms with E-state index in [0.717, 1.165) is 4.96 Å². The van der Waals surface area contributed by atoms with Crippen LogP contribution in [0.2, 0.25) is 0 Å². The van der Waals surface area contributed by atoms with E-state index >= 15 is 0 Å². The number of nitrogens with zero attached hydrogens (tertiary/aromatic N) is 2. The van der Waals surface area contributed by atoms with Crippen LogP contribution in [0.1, 0.15) is 5.56 Å². The molecule has 2 aromatic rings. The normalized spacial score (nSPS) is 10.8. The van der Waals surface area contributed by atoms with E-state index in [4.69, 9.17) is 11.6 Å². The van der Waals surface area contributed by atoms with Gasteiger partial charge in [0.2, 0.25) is 0 Å². The van der Waals surface area contributed by atoms with Crippen molar-refractivity contribution in [2.75, 3.05) is 5.88 Å². The first-order valence-corrected chi connectivity index (χ1v) is 5.24. The Morgan fingerprint density at radius 3 is 3.23 bits per heavy atom. The Balaban J connectivity index is 2.67. The molecular formula is C8H7ClN2OS. The highest BCUT2D eigenvalue weighted by Crippen LogP contribution is 2.05. The molecule has 0 amide bonds. The van der Waals surface area contributed by atoms with Crippen molar-refractivity contribution in [2.24, 2.45) is 0 Å². The second kappa shape index (κ2) is 3.47. The van der Waals surface area contributed by atoms with Crippen LogP contribution in [0.3, 0.4) is 0 Å². The standard InChI is InChI=1S/C8H7ClN2OS/c9-2-1-6-5-10-8-11(7(6)12)3-4-13-8/h3-5H,1-2H2. The van der Waals surface area contributed by atoms with Crippen LogP contribution in [0.15, 0.2) is 22.6 Å². The summed E-state index contributed by atoms with van der Waals surface area (Å²) in [6.07, 6.45) is 3.91. The van der Waals surface area contributed by atoms with E-state index in [9.17, 15) is 4.79 Å². The largest absolute Gasteiger partial charge is 0.269 e. The highest BCUT2D eigenvalue weighted by atomic mass is 35.5. The van der Waals surface area contributed by atoms with Crippen molar-refractivity contribution in [2.45, 2.75) is 6.42 Å². The summed E-state index contributed by atoms with van der Waals surface area (Å²) >= 11 is 7.01. The van der Waals surface area contributed by atoms with Gasteiger partial charge in [0.05, 0.1) is 0 Å². The number of alkyl halides is 1. The molecule has 0 spiro atoms. The number of aromatic nitrogens is 2. The van der Waals surface area contributed by atoms with Crippen LogP contribution in [-0.4, -0.2) is 15.3 Å². The first-order valence-electron chi connectivity index (χ1n) is 3.82. The quantitative estimate of drug-likeness (QED) is 0.711. The first kappa shape index (κ1) is 8.72. The number of hydrogen-bond acceptors (Lipinski definition) is 3. The third-order valence-corrected chi connectivity index (χ3v) is 2.74. The minimum absolute atomic E-state index is 0.00750. The highest BCUT2D eigenvalue weighted by Gasteiger charge is 2.03. The number of thiazole rings is 1. The van der Waals surface area contributed by atoms with E-state index in [1.807, 2.05) is 5.38 Å². The summed E-state index contributed by atoms with van der Waals surface area (Å²) in [5.41, 5.74) is 0.665. The summed E-state index contributed by atoms with van der Waals surface area (Å²) in [7, 11) is 0. The summed E-state index contributed by atoms with van der Waals surface area (Å²) in [4.78, 5) is 16.5. The summed E-state index contributed by atoms with van der Waals surface area (Å²) in [5.74, 6) is 0.452. The van der Waals surface area contributed by atoms with E-state index in [0.29, 0.717) is 17.9 Å². The Kier molecular flexibility index (Phi) is 2.33. The molecule has 2 rings (SSSR count). The van der Waals surface area contributed by atoms with E-state index in [-0.39, 0.29) is 5.56 Å². The molecule has 0 radical (unpaired) electrons. The molecule has 0 aliphatic heterocycles. The van der Waals surface area contributed by atoms with E-state index in [1.165, 1.54) is 11.3 Å². The topological polar surface area (TPSA) is 34.4 Å². The lowest BCUT2D eigenvalue weighted by Crippen LogP contribution is -2.17. The average molecular weight is 215 g/mol. The smallest absolute Gasteiger partial charge is 0.261 e. The molecule has 3 nitrogen and oxygen atoms in total. The summed E-state index contributed by atoms with van der Waals surface area (Å²) in [5, 5.41) is 1.84. The minimum Gasteiger partial charge on any atom is -0.269 e. The Hall–Kier alpha value is -0.870. The van der Waals surface area contributed by atoms with E-state index < -0.39 is 0 Å². The van der Waals surface area contributed by atoms with E-state index in [1.54, 1.807) is 16.8 Å². The van der Waals surface area contributed by atoms with Gasteiger partial charge in [-0.3, -0.25) is 9.20 Å². The molecule has 5 heteroatoms. The molecule has 13 heavy (non-hydrogen) atoms. The number of fused-ring (bicyclic) bond motifs is 1. The Morgan fingerprint density at radius 1 is 1.62 bits per heavy atom. The molecule has 0 aliphatic rings. The van der Waals surface area contributed by atoms with Crippen LogP contribution in [0.25, 0.3) is 4.96 Å². The van der Waals surface area contributed by atoms with Crippen LogP contribution >= 0.6 is 22.9 Å². The zero-order valence-electron chi connectivity index (χ0n) is 6.74. The van der Waals surface area contributed by atoms with Crippen LogP contribution in [-0.2, 0) is 6.42 Å². The molecule has 0 aromatic carbocycles. The number of rotatable bonds is 2. The highest BCUT2D eigenvalue weighted by molar-refractivity contribution is 7.15. The lowest BCUT2D eigenvalue weighted by atomic mass is 10.3. The first-order chi connectivity index (χ1) is 6.33. The maximum absolute atomic E-state index is 11.7. The second-order valence-electron chi connectivity index (χ2n) is 2.58. The van der Waals surface area contributed by atoms with Crippen LogP contribution in [0.5, 0.6) is 0 Å². The van der Waals surface area contributed by atoms with Crippen molar-refractivity contribution in [1.82, 2.24) is 9.38 Å². The lowest BCUT2D eigenvalue weighted by molar-refractivity contribution is 0.987. The van der Waals surface area contributed by atoms with Crippen LogP contribution < -0.4 is 5.56 Å². The molecule has 0 N–H and O–H groups in total. The van der Waals surface area contributed by atoms with Gasteiger partial charge >= 0.3 is 0 Å². The summed E-state index contributed by atoms with van der Waals surface area (Å²) in [6, 6.07) is 0. The Labute approximate surface area is 83.6 Å². The van der Waals surface area contributed by atoms with Gasteiger partial charge in [-0.2, -0.15) is 0 Å². The van der Waals surface area contributed by atoms with Gasteiger partial charge in [-0.1, -0.05) is 0 Å². The zero-order chi connectivity index (χ0) is 9.26. The molecule has 2 aromatic heterocycles. The molecule has 2 heterocycles. The second-order valence-corrected chi connectivity index (χ2v) is 3.83. The van der Waals surface area contributed by atoms with Gasteiger partial charge in [-0.15, -0.1) is 22.9 Å². The maximum Gasteiger partial charge on any atom is 0.261 e. The molecule has 0 saturated heterocycles. The van der Waals surface area contributed by atoms with Crippen molar-refractivity contribution < 1.29 is 0 Å². The average Bonchev–Trinajstić information content (AvgIpc) is 2.58. The monoisotopic (exact) mass is 214 g/mol. The molecule has 0 saturated carbocycles. The van der Waals surface area contributed by atoms with Crippen molar-refractivity contribution >= 4 is 27.9 Å². The molecular weight excluding hydrogens is 208 g/mol. The molecule has 0 atom stereocenters. The van der Waals surface area contributed by atoms with Gasteiger partial charge < -0.3 is 0 Å². The summed E-state index contributed by atoms with van der Waals surface area (Å²) in [6.45, 7) is 0. The molecule has 0 aliphatic carbocycles. The van der Waals surface area contributed by atoms with Crippen molar-refractivity contribution in [1.29, 1.82) is 0 Å². The van der Waals surface area contributed by atoms with Gasteiger partial charge in [0.25, 0.3) is 5.56 Å². The van der Waals surface area contributed by atoms with Crippen LogP contribution in [0, 0.1) is 0 Å².